The summed E-state index contributed by atoms with van der Waals surface area (Å²) >= 11 is 0. The largest absolute Gasteiger partial charge is 0.457 e. The molecule has 1 amide bonds. The third kappa shape index (κ3) is 2.95. The van der Waals surface area contributed by atoms with Crippen molar-refractivity contribution >= 4 is 12.2 Å². The van der Waals surface area contributed by atoms with Crippen LogP contribution in [-0.4, -0.2) is 12.2 Å². The number of carbonyl (C=O) groups is 1. The van der Waals surface area contributed by atoms with Gasteiger partial charge in [0.05, 0.1) is 0 Å². The first-order valence-corrected chi connectivity index (χ1v) is 5.40. The molecular formula is C14H12N2O2. The van der Waals surface area contributed by atoms with Gasteiger partial charge >= 0.3 is 0 Å². The van der Waals surface area contributed by atoms with E-state index in [0.29, 0.717) is 17.7 Å². The summed E-state index contributed by atoms with van der Waals surface area (Å²) in [6, 6.07) is 16.5. The quantitative estimate of drug-likeness (QED) is 0.506. The third-order valence-electron chi connectivity index (χ3n) is 2.32. The van der Waals surface area contributed by atoms with Gasteiger partial charge in [-0.1, -0.05) is 18.2 Å². The van der Waals surface area contributed by atoms with Crippen molar-refractivity contribution in [2.75, 3.05) is 0 Å². The Balaban J connectivity index is 2.13. The predicted octanol–water partition coefficient (Wildman–Crippen LogP) is 2.34. The van der Waals surface area contributed by atoms with E-state index in [1.165, 1.54) is 0 Å². The monoisotopic (exact) mass is 240 g/mol. The van der Waals surface area contributed by atoms with E-state index in [0.717, 1.165) is 5.75 Å². The Hall–Kier alpha value is -2.62. The first-order chi connectivity index (χ1) is 8.79. The molecule has 0 aliphatic rings. The number of benzene rings is 2. The number of rotatable bonds is 4. The molecule has 0 bridgehead atoms. The van der Waals surface area contributed by atoms with Gasteiger partial charge in [-0.15, -0.1) is 0 Å². The number of nitrogens with two attached hydrogens (primary N) is 1. The van der Waals surface area contributed by atoms with Crippen LogP contribution in [0.15, 0.2) is 59.6 Å². The molecule has 0 aliphatic heterocycles. The molecule has 0 saturated heterocycles. The van der Waals surface area contributed by atoms with Gasteiger partial charge in [0.2, 0.25) is 6.41 Å². The van der Waals surface area contributed by atoms with Crippen LogP contribution >= 0.6 is 0 Å². The summed E-state index contributed by atoms with van der Waals surface area (Å²) in [5.74, 6) is 1.65. The van der Waals surface area contributed by atoms with E-state index in [2.05, 4.69) is 4.99 Å². The average molecular weight is 240 g/mol. The summed E-state index contributed by atoms with van der Waals surface area (Å²) in [7, 11) is 0. The molecule has 2 rings (SSSR count). The molecule has 4 heteroatoms. The molecule has 0 fully saturated rings. The van der Waals surface area contributed by atoms with Crippen LogP contribution in [0.5, 0.6) is 11.5 Å². The number of amides is 1. The molecular weight excluding hydrogens is 228 g/mol. The lowest BCUT2D eigenvalue weighted by Crippen LogP contribution is -2.13. The van der Waals surface area contributed by atoms with E-state index < -0.39 is 0 Å². The molecule has 0 spiro atoms. The number of ether oxygens (including phenoxy) is 1. The Morgan fingerprint density at radius 2 is 1.61 bits per heavy atom. The molecule has 0 aliphatic carbocycles. The highest BCUT2D eigenvalue weighted by atomic mass is 16.5. The van der Waals surface area contributed by atoms with Crippen LogP contribution < -0.4 is 10.5 Å². The SMILES string of the molecule is NC(=NC=O)c1ccc(Oc2ccccc2)cc1. The third-order valence-corrected chi connectivity index (χ3v) is 2.32. The topological polar surface area (TPSA) is 64.7 Å². The Morgan fingerprint density at radius 3 is 2.22 bits per heavy atom. The second-order valence-corrected chi connectivity index (χ2v) is 3.56. The highest BCUT2D eigenvalue weighted by Crippen LogP contribution is 2.20. The molecule has 2 aromatic rings. The van der Waals surface area contributed by atoms with Crippen LogP contribution in [-0.2, 0) is 4.79 Å². The van der Waals surface area contributed by atoms with Gasteiger partial charge in [-0.3, -0.25) is 4.79 Å². The number of hydrogen-bond donors (Lipinski definition) is 1. The number of para-hydroxylation sites is 1. The summed E-state index contributed by atoms with van der Waals surface area (Å²) < 4.78 is 5.62. The van der Waals surface area contributed by atoms with Gasteiger partial charge in [0.15, 0.2) is 0 Å². The summed E-state index contributed by atoms with van der Waals surface area (Å²) in [5.41, 5.74) is 6.27. The summed E-state index contributed by atoms with van der Waals surface area (Å²) in [6.45, 7) is 0. The molecule has 18 heavy (non-hydrogen) atoms. The molecule has 0 atom stereocenters. The maximum atomic E-state index is 10.2. The van der Waals surface area contributed by atoms with Crippen LogP contribution in [0.3, 0.4) is 0 Å². The predicted molar refractivity (Wildman–Crippen MR) is 69.7 cm³/mol. The Kier molecular flexibility index (Phi) is 3.71. The van der Waals surface area contributed by atoms with E-state index in [1.807, 2.05) is 30.3 Å². The maximum Gasteiger partial charge on any atom is 0.234 e. The minimum Gasteiger partial charge on any atom is -0.457 e. The van der Waals surface area contributed by atoms with Crippen LogP contribution in [0.2, 0.25) is 0 Å². The molecule has 90 valence electrons. The molecule has 0 radical (unpaired) electrons. The van der Waals surface area contributed by atoms with Crippen molar-refractivity contribution in [1.82, 2.24) is 0 Å². The lowest BCUT2D eigenvalue weighted by atomic mass is 10.2. The Bertz CT molecular complexity index is 548. The number of amidine groups is 1. The van der Waals surface area contributed by atoms with E-state index in [9.17, 15) is 4.79 Å². The molecule has 2 aromatic carbocycles. The van der Waals surface area contributed by atoms with Crippen molar-refractivity contribution in [3.8, 4) is 11.5 Å². The molecule has 0 aromatic heterocycles. The highest BCUT2D eigenvalue weighted by Gasteiger charge is 2.00. The fraction of sp³-hybridized carbons (Fsp3) is 0. The van der Waals surface area contributed by atoms with Crippen molar-refractivity contribution in [3.05, 3.63) is 60.2 Å². The zero-order chi connectivity index (χ0) is 12.8. The number of carbonyl (C=O) groups excluding carboxylic acids is 1. The second-order valence-electron chi connectivity index (χ2n) is 3.56. The van der Waals surface area contributed by atoms with Gasteiger partial charge in [0, 0.05) is 5.56 Å². The average Bonchev–Trinajstić information content (AvgIpc) is 2.41. The van der Waals surface area contributed by atoms with Crippen LogP contribution in [0.4, 0.5) is 0 Å². The van der Waals surface area contributed by atoms with Crippen molar-refractivity contribution in [2.45, 2.75) is 0 Å². The number of aliphatic imine (C=N–C) groups is 1. The van der Waals surface area contributed by atoms with Crippen molar-refractivity contribution < 1.29 is 9.53 Å². The van der Waals surface area contributed by atoms with Gasteiger partial charge in [0.1, 0.15) is 17.3 Å². The molecule has 0 saturated carbocycles. The first-order valence-electron chi connectivity index (χ1n) is 5.40. The minimum absolute atomic E-state index is 0.191. The van der Waals surface area contributed by atoms with Crippen molar-refractivity contribution in [2.24, 2.45) is 10.7 Å². The normalized spacial score (nSPS) is 11.0. The summed E-state index contributed by atoms with van der Waals surface area (Å²) in [6.07, 6.45) is 0.420. The molecule has 2 N–H and O–H groups in total. The summed E-state index contributed by atoms with van der Waals surface area (Å²) in [4.78, 5) is 13.7. The van der Waals surface area contributed by atoms with Gasteiger partial charge < -0.3 is 10.5 Å². The van der Waals surface area contributed by atoms with Gasteiger partial charge in [-0.05, 0) is 36.4 Å². The maximum absolute atomic E-state index is 10.2. The second kappa shape index (κ2) is 5.63. The highest BCUT2D eigenvalue weighted by molar-refractivity contribution is 6.00. The lowest BCUT2D eigenvalue weighted by Gasteiger charge is -2.06. The fourth-order valence-corrected chi connectivity index (χ4v) is 1.45. The first kappa shape index (κ1) is 11.9. The standard InChI is InChI=1S/C14H12N2O2/c15-14(16-10-17)11-6-8-13(9-7-11)18-12-4-2-1-3-5-12/h1-10H,(H2,15,16,17). The van der Waals surface area contributed by atoms with E-state index in [4.69, 9.17) is 10.5 Å². The number of nitrogens with zero attached hydrogens (tertiary/aromatic N) is 1. The van der Waals surface area contributed by atoms with Gasteiger partial charge in [-0.2, -0.15) is 4.99 Å². The fourth-order valence-electron chi connectivity index (χ4n) is 1.45. The Labute approximate surface area is 105 Å². The van der Waals surface area contributed by atoms with Crippen LogP contribution in [0.1, 0.15) is 5.56 Å². The zero-order valence-electron chi connectivity index (χ0n) is 9.61. The van der Waals surface area contributed by atoms with E-state index in [1.54, 1.807) is 24.3 Å². The molecule has 4 nitrogen and oxygen atoms in total. The minimum atomic E-state index is 0.191. The summed E-state index contributed by atoms with van der Waals surface area (Å²) in [5, 5.41) is 0. The van der Waals surface area contributed by atoms with E-state index in [-0.39, 0.29) is 5.84 Å². The van der Waals surface area contributed by atoms with Crippen molar-refractivity contribution in [1.29, 1.82) is 0 Å². The zero-order valence-corrected chi connectivity index (χ0v) is 9.61. The van der Waals surface area contributed by atoms with Crippen LogP contribution in [0.25, 0.3) is 0 Å². The van der Waals surface area contributed by atoms with E-state index >= 15 is 0 Å². The Morgan fingerprint density at radius 1 is 1.00 bits per heavy atom. The van der Waals surface area contributed by atoms with Crippen molar-refractivity contribution in [3.63, 3.8) is 0 Å². The van der Waals surface area contributed by atoms with Gasteiger partial charge in [-0.25, -0.2) is 0 Å². The molecule has 0 unspecified atom stereocenters. The van der Waals surface area contributed by atoms with Gasteiger partial charge in [0.25, 0.3) is 0 Å². The number of hydrogen-bond acceptors (Lipinski definition) is 2. The smallest absolute Gasteiger partial charge is 0.234 e. The lowest BCUT2D eigenvalue weighted by molar-refractivity contribution is -0.106. The molecule has 0 heterocycles. The van der Waals surface area contributed by atoms with Crippen LogP contribution in [0, 0.1) is 0 Å².